The van der Waals surface area contributed by atoms with Gasteiger partial charge >= 0.3 is 0 Å². The SMILES string of the molecule is O=C(CCN1C(=O)[C@@H]2[C@@H](C1=O)[C@H]1C=C[C@H]2C1)N1CCN(C(=O)CCN2C(=O)[C@@H]3[C@@H](C2=O)[C@H]2C=C[C@H]3C2)CC1. The largest absolute Gasteiger partial charge is 0.339 e. The van der Waals surface area contributed by atoms with E-state index in [9.17, 15) is 28.8 Å². The summed E-state index contributed by atoms with van der Waals surface area (Å²) < 4.78 is 0. The molecule has 2 saturated carbocycles. The minimum atomic E-state index is -0.250. The van der Waals surface area contributed by atoms with Crippen LogP contribution < -0.4 is 0 Å². The Morgan fingerprint density at radius 1 is 0.553 bits per heavy atom. The molecule has 10 nitrogen and oxygen atoms in total. The van der Waals surface area contributed by atoms with Gasteiger partial charge in [-0.15, -0.1) is 0 Å². The van der Waals surface area contributed by atoms with Crippen LogP contribution in [0, 0.1) is 47.3 Å². The predicted octanol–water partition coefficient (Wildman–Crippen LogP) is 0.0516. The average Bonchev–Trinajstić information content (AvgIpc) is 3.76. The third-order valence-electron chi connectivity index (χ3n) is 10.2. The second-order valence-electron chi connectivity index (χ2n) is 11.9. The standard InChI is InChI=1S/C28H32N4O6/c33-19(5-7-31-25(35)21-15-1-2-16(13-15)22(21)26(31)36)29-9-11-30(12-10-29)20(34)6-8-32-27(37)23-17-3-4-18(14-17)24(23)28(32)38/h1-4,15-18,21-24H,5-14H2/t15-,16-,17-,18-,21-,22-,23-,24-/m0/s1. The molecule has 6 amide bonds. The van der Waals surface area contributed by atoms with Gasteiger partial charge in [0.15, 0.2) is 0 Å². The first-order valence-electron chi connectivity index (χ1n) is 14.0. The van der Waals surface area contributed by atoms with E-state index in [0.29, 0.717) is 26.2 Å². The van der Waals surface area contributed by atoms with E-state index < -0.39 is 0 Å². The van der Waals surface area contributed by atoms with E-state index in [-0.39, 0.29) is 109 Å². The van der Waals surface area contributed by atoms with E-state index >= 15 is 0 Å². The van der Waals surface area contributed by atoms with Crippen LogP contribution in [-0.2, 0) is 28.8 Å². The summed E-state index contributed by atoms with van der Waals surface area (Å²) in [5, 5.41) is 0. The summed E-state index contributed by atoms with van der Waals surface area (Å²) in [6, 6.07) is 0. The van der Waals surface area contributed by atoms with Gasteiger partial charge in [0.25, 0.3) is 0 Å². The lowest BCUT2D eigenvalue weighted by atomic mass is 9.85. The number of hydrogen-bond donors (Lipinski definition) is 0. The first-order valence-corrected chi connectivity index (χ1v) is 14.0. The van der Waals surface area contributed by atoms with E-state index in [0.717, 1.165) is 12.8 Å². The van der Waals surface area contributed by atoms with Crippen LogP contribution in [0.3, 0.4) is 0 Å². The highest BCUT2D eigenvalue weighted by Gasteiger charge is 2.60. The van der Waals surface area contributed by atoms with Crippen LogP contribution in [0.5, 0.6) is 0 Å². The molecule has 7 aliphatic rings. The quantitative estimate of drug-likeness (QED) is 0.361. The number of hydrogen-bond acceptors (Lipinski definition) is 6. The van der Waals surface area contributed by atoms with E-state index in [4.69, 9.17) is 0 Å². The molecule has 3 saturated heterocycles. The molecule has 0 aromatic heterocycles. The van der Waals surface area contributed by atoms with Crippen LogP contribution >= 0.6 is 0 Å². The predicted molar refractivity (Wildman–Crippen MR) is 131 cm³/mol. The molecule has 7 rings (SSSR count). The van der Waals surface area contributed by atoms with Crippen LogP contribution in [0.2, 0.25) is 0 Å². The third-order valence-corrected chi connectivity index (χ3v) is 10.2. The summed E-state index contributed by atoms with van der Waals surface area (Å²) in [6.45, 7) is 1.75. The fourth-order valence-corrected chi connectivity index (χ4v) is 8.31. The number of nitrogens with zero attached hydrogens (tertiary/aromatic N) is 4. The molecular weight excluding hydrogens is 488 g/mol. The first-order chi connectivity index (χ1) is 18.3. The molecule has 0 N–H and O–H groups in total. The Balaban J connectivity index is 0.866. The van der Waals surface area contributed by atoms with Crippen LogP contribution in [-0.4, -0.2) is 94.3 Å². The van der Waals surface area contributed by atoms with Gasteiger partial charge in [0.2, 0.25) is 35.4 Å². The van der Waals surface area contributed by atoms with Crippen molar-refractivity contribution in [2.24, 2.45) is 47.3 Å². The topological polar surface area (TPSA) is 115 Å². The summed E-state index contributed by atoms with van der Waals surface area (Å²) in [5.41, 5.74) is 0. The van der Waals surface area contributed by atoms with Gasteiger partial charge in [0.05, 0.1) is 23.7 Å². The van der Waals surface area contributed by atoms with E-state index in [1.54, 1.807) is 9.80 Å². The lowest BCUT2D eigenvalue weighted by molar-refractivity contribution is -0.145. The zero-order valence-electron chi connectivity index (χ0n) is 21.2. The molecular formula is C28H32N4O6. The Labute approximate surface area is 220 Å². The summed E-state index contributed by atoms with van der Waals surface area (Å²) in [6.07, 6.45) is 10.2. The number of amides is 6. The lowest BCUT2D eigenvalue weighted by Gasteiger charge is -2.35. The number of imide groups is 2. The van der Waals surface area contributed by atoms with Crippen molar-refractivity contribution < 1.29 is 28.8 Å². The van der Waals surface area contributed by atoms with Gasteiger partial charge in [0, 0.05) is 52.1 Å². The molecule has 10 heteroatoms. The molecule has 4 bridgehead atoms. The van der Waals surface area contributed by atoms with E-state index in [1.165, 1.54) is 9.80 Å². The van der Waals surface area contributed by atoms with Gasteiger partial charge in [-0.1, -0.05) is 24.3 Å². The molecule has 0 aromatic rings. The number of likely N-dealkylation sites (tertiary alicyclic amines) is 2. The first kappa shape index (κ1) is 23.8. The maximum Gasteiger partial charge on any atom is 0.233 e. The molecule has 200 valence electrons. The van der Waals surface area contributed by atoms with E-state index in [1.807, 2.05) is 0 Å². The second-order valence-corrected chi connectivity index (χ2v) is 11.9. The normalized spacial score (nSPS) is 38.3. The summed E-state index contributed by atoms with van der Waals surface area (Å²) in [7, 11) is 0. The highest BCUT2D eigenvalue weighted by atomic mass is 16.2. The van der Waals surface area contributed by atoms with Crippen LogP contribution in [0.1, 0.15) is 25.7 Å². The summed E-state index contributed by atoms with van der Waals surface area (Å²) >= 11 is 0. The third kappa shape index (κ3) is 3.37. The second kappa shape index (κ2) is 8.61. The Hall–Kier alpha value is -3.30. The Bertz CT molecular complexity index is 1050. The lowest BCUT2D eigenvalue weighted by Crippen LogP contribution is -2.51. The van der Waals surface area contributed by atoms with Crippen molar-refractivity contribution >= 4 is 35.4 Å². The number of carbonyl (C=O) groups is 6. The van der Waals surface area contributed by atoms with E-state index in [2.05, 4.69) is 24.3 Å². The zero-order chi connectivity index (χ0) is 26.3. The molecule has 0 unspecified atom stereocenters. The number of carbonyl (C=O) groups excluding carboxylic acids is 6. The van der Waals surface area contributed by atoms with Crippen LogP contribution in [0.4, 0.5) is 0 Å². The maximum atomic E-state index is 12.8. The minimum absolute atomic E-state index is 0.0893. The van der Waals surface area contributed by atoms with Gasteiger partial charge in [-0.2, -0.15) is 0 Å². The van der Waals surface area contributed by atoms with Crippen LogP contribution in [0.25, 0.3) is 0 Å². The fraction of sp³-hybridized carbons (Fsp3) is 0.643. The zero-order valence-corrected chi connectivity index (χ0v) is 21.2. The molecule has 0 radical (unpaired) electrons. The molecule has 38 heavy (non-hydrogen) atoms. The number of allylic oxidation sites excluding steroid dienone is 4. The Kier molecular flexibility index (Phi) is 5.39. The molecule has 5 fully saturated rings. The summed E-state index contributed by atoms with van der Waals surface area (Å²) in [4.78, 5) is 82.9. The molecule has 3 aliphatic heterocycles. The monoisotopic (exact) mass is 520 g/mol. The van der Waals surface area contributed by atoms with Crippen molar-refractivity contribution in [1.29, 1.82) is 0 Å². The molecule has 4 aliphatic carbocycles. The van der Waals surface area contributed by atoms with Crippen molar-refractivity contribution in [2.45, 2.75) is 25.7 Å². The van der Waals surface area contributed by atoms with Crippen molar-refractivity contribution in [3.05, 3.63) is 24.3 Å². The number of rotatable bonds is 6. The van der Waals surface area contributed by atoms with Crippen molar-refractivity contribution in [2.75, 3.05) is 39.3 Å². The smallest absolute Gasteiger partial charge is 0.233 e. The van der Waals surface area contributed by atoms with Crippen molar-refractivity contribution in [3.63, 3.8) is 0 Å². The van der Waals surface area contributed by atoms with Gasteiger partial charge < -0.3 is 9.80 Å². The van der Waals surface area contributed by atoms with Crippen molar-refractivity contribution in [3.8, 4) is 0 Å². The minimum Gasteiger partial charge on any atom is -0.339 e. The van der Waals surface area contributed by atoms with Gasteiger partial charge in [-0.3, -0.25) is 38.6 Å². The number of piperazine rings is 1. The van der Waals surface area contributed by atoms with Gasteiger partial charge in [-0.05, 0) is 36.5 Å². The highest BCUT2D eigenvalue weighted by Crippen LogP contribution is 2.53. The van der Waals surface area contributed by atoms with Gasteiger partial charge in [-0.25, -0.2) is 0 Å². The Morgan fingerprint density at radius 2 is 0.842 bits per heavy atom. The average molecular weight is 521 g/mol. The van der Waals surface area contributed by atoms with Crippen LogP contribution in [0.15, 0.2) is 24.3 Å². The molecule has 8 atom stereocenters. The fourth-order valence-electron chi connectivity index (χ4n) is 8.31. The van der Waals surface area contributed by atoms with Crippen molar-refractivity contribution in [1.82, 2.24) is 19.6 Å². The maximum absolute atomic E-state index is 12.8. The summed E-state index contributed by atoms with van der Waals surface area (Å²) in [5.74, 6) is -1.18. The highest BCUT2D eigenvalue weighted by molar-refractivity contribution is 6.07. The molecule has 3 heterocycles. The van der Waals surface area contributed by atoms with Gasteiger partial charge in [0.1, 0.15) is 0 Å². The molecule has 0 aromatic carbocycles. The molecule has 0 spiro atoms. The Morgan fingerprint density at radius 3 is 1.13 bits per heavy atom. The number of fused-ring (bicyclic) bond motifs is 10.